The lowest BCUT2D eigenvalue weighted by molar-refractivity contribution is 0.572. The maximum absolute atomic E-state index is 5.61. The molecule has 2 aromatic rings. The lowest BCUT2D eigenvalue weighted by Crippen LogP contribution is -2.38. The fourth-order valence-electron chi connectivity index (χ4n) is 2.45. The van der Waals surface area contributed by atoms with Crippen LogP contribution in [0.5, 0.6) is 0 Å². The molecule has 0 unspecified atom stereocenters. The molecule has 0 atom stereocenters. The highest BCUT2D eigenvalue weighted by atomic mass is 127. The Morgan fingerprint density at radius 2 is 1.96 bits per heavy atom. The fourth-order valence-corrected chi connectivity index (χ4v) is 2.94. The Kier molecular flexibility index (Phi) is 12.2. The van der Waals surface area contributed by atoms with Crippen LogP contribution < -0.4 is 10.6 Å². The van der Waals surface area contributed by atoms with Crippen LogP contribution >= 0.6 is 35.7 Å². The molecule has 0 spiro atoms. The summed E-state index contributed by atoms with van der Waals surface area (Å²) in [5, 5.41) is 6.65. The summed E-state index contributed by atoms with van der Waals surface area (Å²) in [6, 6.07) is 8.21. The van der Waals surface area contributed by atoms with Gasteiger partial charge in [-0.25, -0.2) is 4.98 Å². The molecule has 2 rings (SSSR count). The molecule has 0 radical (unpaired) electrons. The number of hydrogen-bond donors (Lipinski definition) is 2. The first-order valence-electron chi connectivity index (χ1n) is 9.25. The standard InChI is InChI=1S/C20H30N4OS.HI/c1-4-21-20(22-12-5-6-14-26-3)23-13-11-18-15-25-19(24-18)17-9-7-16(2)8-10-17;/h7-10,15H,4-6,11-14H2,1-3H3,(H2,21,22,23);1H. The van der Waals surface area contributed by atoms with Gasteiger partial charge in [-0.15, -0.1) is 24.0 Å². The first-order chi connectivity index (χ1) is 12.7. The first-order valence-corrected chi connectivity index (χ1v) is 10.6. The van der Waals surface area contributed by atoms with E-state index >= 15 is 0 Å². The smallest absolute Gasteiger partial charge is 0.226 e. The molecule has 0 saturated heterocycles. The molecule has 7 heteroatoms. The molecule has 150 valence electrons. The van der Waals surface area contributed by atoms with Gasteiger partial charge in [0.1, 0.15) is 6.26 Å². The van der Waals surface area contributed by atoms with Crippen LogP contribution in [-0.2, 0) is 6.42 Å². The van der Waals surface area contributed by atoms with Crippen LogP contribution in [0.4, 0.5) is 0 Å². The van der Waals surface area contributed by atoms with E-state index in [1.165, 1.54) is 17.7 Å². The number of rotatable bonds is 10. The van der Waals surface area contributed by atoms with Gasteiger partial charge < -0.3 is 15.1 Å². The summed E-state index contributed by atoms with van der Waals surface area (Å²) in [5.74, 6) is 2.75. The topological polar surface area (TPSA) is 62.5 Å². The zero-order chi connectivity index (χ0) is 18.6. The van der Waals surface area contributed by atoms with E-state index in [0.717, 1.165) is 49.7 Å². The Morgan fingerprint density at radius 1 is 1.19 bits per heavy atom. The van der Waals surface area contributed by atoms with Crippen LogP contribution in [-0.4, -0.2) is 42.6 Å². The Balaban J connectivity index is 0.00000364. The number of nitrogens with one attached hydrogen (secondary N) is 2. The molecule has 5 nitrogen and oxygen atoms in total. The van der Waals surface area contributed by atoms with E-state index in [-0.39, 0.29) is 24.0 Å². The average Bonchev–Trinajstić information content (AvgIpc) is 3.11. The number of aryl methyl sites for hydroxylation is 1. The minimum atomic E-state index is 0. The second-order valence-corrected chi connectivity index (χ2v) is 7.13. The predicted octanol–water partition coefficient (Wildman–Crippen LogP) is 4.51. The molecular weight excluding hydrogens is 471 g/mol. The van der Waals surface area contributed by atoms with Crippen molar-refractivity contribution in [2.24, 2.45) is 4.99 Å². The number of hydrogen-bond acceptors (Lipinski definition) is 4. The highest BCUT2D eigenvalue weighted by Gasteiger charge is 2.06. The van der Waals surface area contributed by atoms with Crippen molar-refractivity contribution >= 4 is 41.7 Å². The number of halogens is 1. The minimum Gasteiger partial charge on any atom is -0.444 e. The number of nitrogens with zero attached hydrogens (tertiary/aromatic N) is 2. The summed E-state index contributed by atoms with van der Waals surface area (Å²) in [6.07, 6.45) is 7.02. The molecule has 0 amide bonds. The highest BCUT2D eigenvalue weighted by Crippen LogP contribution is 2.19. The van der Waals surface area contributed by atoms with Crippen LogP contribution in [0.1, 0.15) is 31.0 Å². The third kappa shape index (κ3) is 9.01. The van der Waals surface area contributed by atoms with Crippen molar-refractivity contribution < 1.29 is 4.42 Å². The molecule has 0 aliphatic heterocycles. The quantitative estimate of drug-likeness (QED) is 0.217. The van der Waals surface area contributed by atoms with Gasteiger partial charge in [-0.1, -0.05) is 17.7 Å². The second-order valence-electron chi connectivity index (χ2n) is 6.15. The van der Waals surface area contributed by atoms with Gasteiger partial charge in [-0.2, -0.15) is 11.8 Å². The van der Waals surface area contributed by atoms with Crippen molar-refractivity contribution in [2.45, 2.75) is 33.1 Å². The number of aromatic nitrogens is 1. The van der Waals surface area contributed by atoms with E-state index in [1.807, 2.05) is 23.9 Å². The van der Waals surface area contributed by atoms with Crippen LogP contribution in [0.15, 0.2) is 39.9 Å². The summed E-state index contributed by atoms with van der Waals surface area (Å²) in [5.41, 5.74) is 3.19. The number of aliphatic imine (C=N–C) groups is 1. The van der Waals surface area contributed by atoms with Crippen LogP contribution in [0, 0.1) is 6.92 Å². The molecular formula is C20H31IN4OS. The summed E-state index contributed by atoms with van der Waals surface area (Å²) in [6.45, 7) is 6.64. The Labute approximate surface area is 184 Å². The van der Waals surface area contributed by atoms with Crippen LogP contribution in [0.2, 0.25) is 0 Å². The van der Waals surface area contributed by atoms with Crippen molar-refractivity contribution in [3.63, 3.8) is 0 Å². The van der Waals surface area contributed by atoms with E-state index in [9.17, 15) is 0 Å². The van der Waals surface area contributed by atoms with Crippen LogP contribution in [0.3, 0.4) is 0 Å². The third-order valence-corrected chi connectivity index (χ3v) is 4.59. The van der Waals surface area contributed by atoms with Crippen LogP contribution in [0.25, 0.3) is 11.5 Å². The van der Waals surface area contributed by atoms with Gasteiger partial charge in [-0.3, -0.25) is 4.99 Å². The van der Waals surface area contributed by atoms with E-state index in [0.29, 0.717) is 5.89 Å². The molecule has 1 aromatic carbocycles. The molecule has 1 aromatic heterocycles. The maximum Gasteiger partial charge on any atom is 0.226 e. The molecule has 2 N–H and O–H groups in total. The summed E-state index contributed by atoms with van der Waals surface area (Å²) in [4.78, 5) is 9.20. The van der Waals surface area contributed by atoms with Gasteiger partial charge in [0.2, 0.25) is 5.89 Å². The molecule has 1 heterocycles. The van der Waals surface area contributed by atoms with Gasteiger partial charge in [0.15, 0.2) is 5.96 Å². The summed E-state index contributed by atoms with van der Waals surface area (Å²) < 4.78 is 5.61. The number of thioether (sulfide) groups is 1. The Bertz CT molecular complexity index is 673. The average molecular weight is 502 g/mol. The van der Waals surface area contributed by atoms with Gasteiger partial charge in [-0.05, 0) is 50.8 Å². The van der Waals surface area contributed by atoms with Gasteiger partial charge in [0.25, 0.3) is 0 Å². The third-order valence-electron chi connectivity index (χ3n) is 3.89. The van der Waals surface area contributed by atoms with Gasteiger partial charge >= 0.3 is 0 Å². The second kappa shape index (κ2) is 13.9. The highest BCUT2D eigenvalue weighted by molar-refractivity contribution is 14.0. The fraction of sp³-hybridized carbons (Fsp3) is 0.500. The molecule has 0 fully saturated rings. The Hall–Kier alpha value is -1.22. The lowest BCUT2D eigenvalue weighted by Gasteiger charge is -2.10. The zero-order valence-electron chi connectivity index (χ0n) is 16.5. The number of oxazole rings is 1. The SMILES string of the molecule is CCNC(=NCCCCSC)NCCc1coc(-c2ccc(C)cc2)n1.I. The van der Waals surface area contributed by atoms with E-state index in [2.05, 4.69) is 52.8 Å². The van der Waals surface area contributed by atoms with Crippen molar-refractivity contribution in [3.05, 3.63) is 41.8 Å². The van der Waals surface area contributed by atoms with Gasteiger partial charge in [0, 0.05) is 31.6 Å². The maximum atomic E-state index is 5.61. The molecule has 0 bridgehead atoms. The zero-order valence-corrected chi connectivity index (χ0v) is 19.6. The monoisotopic (exact) mass is 502 g/mol. The van der Waals surface area contributed by atoms with Crippen molar-refractivity contribution in [1.29, 1.82) is 0 Å². The van der Waals surface area contributed by atoms with E-state index in [1.54, 1.807) is 6.26 Å². The summed E-state index contributed by atoms with van der Waals surface area (Å²) >= 11 is 1.89. The van der Waals surface area contributed by atoms with Crippen molar-refractivity contribution in [2.75, 3.05) is 31.6 Å². The largest absolute Gasteiger partial charge is 0.444 e. The summed E-state index contributed by atoms with van der Waals surface area (Å²) in [7, 11) is 0. The molecule has 0 aliphatic carbocycles. The normalized spacial score (nSPS) is 11.1. The number of guanidine groups is 1. The van der Waals surface area contributed by atoms with E-state index in [4.69, 9.17) is 4.42 Å². The molecule has 27 heavy (non-hydrogen) atoms. The van der Waals surface area contributed by atoms with Crippen molar-refractivity contribution in [3.8, 4) is 11.5 Å². The lowest BCUT2D eigenvalue weighted by atomic mass is 10.1. The van der Waals surface area contributed by atoms with Gasteiger partial charge in [0.05, 0.1) is 5.69 Å². The Morgan fingerprint density at radius 3 is 2.67 bits per heavy atom. The predicted molar refractivity (Wildman–Crippen MR) is 127 cm³/mol. The first kappa shape index (κ1) is 23.8. The number of unbranched alkanes of at least 4 members (excludes halogenated alkanes) is 1. The minimum absolute atomic E-state index is 0. The molecule has 0 aliphatic rings. The molecule has 0 saturated carbocycles. The van der Waals surface area contributed by atoms with Crippen molar-refractivity contribution in [1.82, 2.24) is 15.6 Å². The number of benzene rings is 1. The van der Waals surface area contributed by atoms with E-state index < -0.39 is 0 Å².